The molecule has 12 heavy (non-hydrogen) atoms. The summed E-state index contributed by atoms with van der Waals surface area (Å²) in [5, 5.41) is 3.07. The molecule has 0 unspecified atom stereocenters. The third-order valence-corrected chi connectivity index (χ3v) is 3.45. The third kappa shape index (κ3) is 2.92. The largest absolute Gasteiger partial charge is 0.342 e. The highest BCUT2D eigenvalue weighted by molar-refractivity contribution is 14.1. The van der Waals surface area contributed by atoms with Gasteiger partial charge in [-0.2, -0.15) is 0 Å². The molecule has 0 aromatic carbocycles. The molecule has 0 bridgehead atoms. The minimum atomic E-state index is 0.101. The highest BCUT2D eigenvalue weighted by atomic mass is 127. The van der Waals surface area contributed by atoms with Crippen LogP contribution >= 0.6 is 22.6 Å². The van der Waals surface area contributed by atoms with E-state index in [1.165, 1.54) is 6.42 Å². The van der Waals surface area contributed by atoms with Crippen LogP contribution < -0.4 is 5.32 Å². The van der Waals surface area contributed by atoms with E-state index in [1.54, 1.807) is 0 Å². The number of nitrogens with one attached hydrogen (secondary N) is 1. The van der Waals surface area contributed by atoms with E-state index >= 15 is 0 Å². The summed E-state index contributed by atoms with van der Waals surface area (Å²) < 4.78 is 0.101. The van der Waals surface area contributed by atoms with Crippen molar-refractivity contribution >= 4 is 28.5 Å². The summed E-state index contributed by atoms with van der Waals surface area (Å²) >= 11 is 2.36. The summed E-state index contributed by atoms with van der Waals surface area (Å²) in [5.74, 6) is 0.671. The highest BCUT2D eigenvalue weighted by Gasteiger charge is 2.35. The molecule has 1 saturated carbocycles. The lowest BCUT2D eigenvalue weighted by Crippen LogP contribution is -2.48. The summed E-state index contributed by atoms with van der Waals surface area (Å²) in [6.07, 6.45) is 4.18. The maximum atomic E-state index is 11.3. The van der Waals surface area contributed by atoms with Crippen LogP contribution in [0.2, 0.25) is 0 Å². The van der Waals surface area contributed by atoms with E-state index in [2.05, 4.69) is 41.8 Å². The van der Waals surface area contributed by atoms with Crippen molar-refractivity contribution < 1.29 is 4.79 Å². The van der Waals surface area contributed by atoms with Gasteiger partial charge in [0.05, 0.1) is 3.55 Å². The molecule has 0 spiro atoms. The Hall–Kier alpha value is 0.200. The zero-order chi connectivity index (χ0) is 9.19. The fourth-order valence-electron chi connectivity index (χ4n) is 1.28. The molecule has 0 atom stereocenters. The molecule has 0 aliphatic heterocycles. The number of hydrogen-bond donors (Lipinski definition) is 1. The second kappa shape index (κ2) is 3.94. The number of amides is 1. The van der Waals surface area contributed by atoms with Gasteiger partial charge in [-0.25, -0.2) is 0 Å². The number of alkyl halides is 1. The SMILES string of the molecule is CC(C)CC(=O)NC1(I)CCC1. The first-order valence-corrected chi connectivity index (χ1v) is 5.60. The fraction of sp³-hybridized carbons (Fsp3) is 0.889. The van der Waals surface area contributed by atoms with Gasteiger partial charge in [-0.1, -0.05) is 36.4 Å². The summed E-state index contributed by atoms with van der Waals surface area (Å²) in [5.41, 5.74) is 0. The van der Waals surface area contributed by atoms with Crippen molar-refractivity contribution in [1.29, 1.82) is 0 Å². The molecule has 1 rings (SSSR count). The number of rotatable bonds is 3. The summed E-state index contributed by atoms with van der Waals surface area (Å²) in [6.45, 7) is 4.14. The normalized spacial score (nSPS) is 20.3. The van der Waals surface area contributed by atoms with Crippen molar-refractivity contribution in [2.24, 2.45) is 5.92 Å². The molecule has 0 radical (unpaired) electrons. The van der Waals surface area contributed by atoms with Gasteiger partial charge < -0.3 is 5.32 Å². The maximum Gasteiger partial charge on any atom is 0.221 e. The molecule has 1 aliphatic rings. The van der Waals surface area contributed by atoms with Crippen LogP contribution in [0.15, 0.2) is 0 Å². The Morgan fingerprint density at radius 2 is 2.17 bits per heavy atom. The van der Waals surface area contributed by atoms with Gasteiger partial charge in [0, 0.05) is 6.42 Å². The molecule has 2 nitrogen and oxygen atoms in total. The van der Waals surface area contributed by atoms with E-state index in [1.807, 2.05) is 0 Å². The van der Waals surface area contributed by atoms with E-state index in [9.17, 15) is 4.79 Å². The second-order valence-corrected chi connectivity index (χ2v) is 6.03. The van der Waals surface area contributed by atoms with Gasteiger partial charge in [-0.15, -0.1) is 0 Å². The lowest BCUT2D eigenvalue weighted by molar-refractivity contribution is -0.123. The Kier molecular flexibility index (Phi) is 3.37. The van der Waals surface area contributed by atoms with Crippen molar-refractivity contribution in [2.45, 2.75) is 43.1 Å². The Bertz CT molecular complexity index is 175. The average Bonchev–Trinajstić information content (AvgIpc) is 1.81. The summed E-state index contributed by atoms with van der Waals surface area (Å²) in [4.78, 5) is 11.3. The third-order valence-electron chi connectivity index (χ3n) is 2.10. The first kappa shape index (κ1) is 10.3. The standard InChI is InChI=1S/C9H16INO/c1-7(2)6-8(12)11-9(10)4-3-5-9/h7H,3-6H2,1-2H3,(H,11,12). The number of hydrogen-bond acceptors (Lipinski definition) is 1. The topological polar surface area (TPSA) is 29.1 Å². The Morgan fingerprint density at radius 1 is 1.58 bits per heavy atom. The van der Waals surface area contributed by atoms with Gasteiger partial charge in [0.1, 0.15) is 0 Å². The summed E-state index contributed by atoms with van der Waals surface area (Å²) in [6, 6.07) is 0. The molecule has 0 aromatic heterocycles. The molecule has 1 fully saturated rings. The van der Waals surface area contributed by atoms with Crippen molar-refractivity contribution in [1.82, 2.24) is 5.32 Å². The lowest BCUT2D eigenvalue weighted by atomic mass is 9.92. The van der Waals surface area contributed by atoms with Crippen LogP contribution in [0.25, 0.3) is 0 Å². The predicted octanol–water partition coefficient (Wildman–Crippen LogP) is 2.46. The van der Waals surface area contributed by atoms with Crippen LogP contribution in [0.3, 0.4) is 0 Å². The van der Waals surface area contributed by atoms with E-state index < -0.39 is 0 Å². The predicted molar refractivity (Wildman–Crippen MR) is 58.2 cm³/mol. The van der Waals surface area contributed by atoms with Gasteiger partial charge in [0.25, 0.3) is 0 Å². The summed E-state index contributed by atoms with van der Waals surface area (Å²) in [7, 11) is 0. The average molecular weight is 281 g/mol. The molecule has 1 aliphatic carbocycles. The van der Waals surface area contributed by atoms with E-state index in [0.29, 0.717) is 12.3 Å². The van der Waals surface area contributed by atoms with Crippen LogP contribution in [0.5, 0.6) is 0 Å². The molecule has 0 aromatic rings. The number of halogens is 1. The van der Waals surface area contributed by atoms with Gasteiger partial charge in [0.15, 0.2) is 0 Å². The maximum absolute atomic E-state index is 11.3. The van der Waals surface area contributed by atoms with Crippen LogP contribution in [0, 0.1) is 5.92 Å². The zero-order valence-corrected chi connectivity index (χ0v) is 9.85. The second-order valence-electron chi connectivity index (χ2n) is 3.97. The monoisotopic (exact) mass is 281 g/mol. The molecular weight excluding hydrogens is 265 g/mol. The van der Waals surface area contributed by atoms with E-state index in [4.69, 9.17) is 0 Å². The van der Waals surface area contributed by atoms with E-state index in [0.717, 1.165) is 12.8 Å². The zero-order valence-electron chi connectivity index (χ0n) is 7.69. The first-order chi connectivity index (χ1) is 5.52. The van der Waals surface area contributed by atoms with Crippen molar-refractivity contribution in [3.05, 3.63) is 0 Å². The minimum absolute atomic E-state index is 0.101. The number of carbonyl (C=O) groups excluding carboxylic acids is 1. The quantitative estimate of drug-likeness (QED) is 0.480. The fourth-order valence-corrected chi connectivity index (χ4v) is 2.35. The Labute approximate surface area is 87.6 Å². The Balaban J connectivity index is 2.26. The molecule has 0 saturated heterocycles. The van der Waals surface area contributed by atoms with Crippen LogP contribution in [-0.4, -0.2) is 9.45 Å². The lowest BCUT2D eigenvalue weighted by Gasteiger charge is -2.37. The van der Waals surface area contributed by atoms with Gasteiger partial charge >= 0.3 is 0 Å². The van der Waals surface area contributed by atoms with Crippen molar-refractivity contribution in [3.63, 3.8) is 0 Å². The smallest absolute Gasteiger partial charge is 0.221 e. The van der Waals surface area contributed by atoms with Crippen LogP contribution in [-0.2, 0) is 4.79 Å². The van der Waals surface area contributed by atoms with Gasteiger partial charge in [-0.3, -0.25) is 4.79 Å². The van der Waals surface area contributed by atoms with Gasteiger partial charge in [-0.05, 0) is 25.2 Å². The number of carbonyl (C=O) groups is 1. The van der Waals surface area contributed by atoms with Gasteiger partial charge in [0.2, 0.25) is 5.91 Å². The van der Waals surface area contributed by atoms with E-state index in [-0.39, 0.29) is 9.45 Å². The molecule has 1 amide bonds. The molecule has 1 N–H and O–H groups in total. The van der Waals surface area contributed by atoms with Crippen molar-refractivity contribution in [2.75, 3.05) is 0 Å². The molecule has 3 heteroatoms. The van der Waals surface area contributed by atoms with Crippen molar-refractivity contribution in [3.8, 4) is 0 Å². The first-order valence-electron chi connectivity index (χ1n) is 4.52. The highest BCUT2D eigenvalue weighted by Crippen LogP contribution is 2.37. The van der Waals surface area contributed by atoms with Crippen LogP contribution in [0.4, 0.5) is 0 Å². The van der Waals surface area contributed by atoms with Crippen LogP contribution in [0.1, 0.15) is 39.5 Å². The molecule has 70 valence electrons. The molecule has 0 heterocycles. The minimum Gasteiger partial charge on any atom is -0.342 e. The Morgan fingerprint density at radius 3 is 2.50 bits per heavy atom. The molecular formula is C9H16INO.